The van der Waals surface area contributed by atoms with Gasteiger partial charge in [0, 0.05) is 31.4 Å². The average molecular weight is 479 g/mol. The zero-order chi connectivity index (χ0) is 25.1. The number of benzene rings is 2. The zero-order valence-electron chi connectivity index (χ0n) is 21.3. The summed E-state index contributed by atoms with van der Waals surface area (Å²) in [6, 6.07) is 13.5. The van der Waals surface area contributed by atoms with Gasteiger partial charge < -0.3 is 9.64 Å². The van der Waals surface area contributed by atoms with Crippen LogP contribution in [-0.4, -0.2) is 42.6 Å². The maximum Gasteiger partial charge on any atom is 0.123 e. The van der Waals surface area contributed by atoms with E-state index >= 15 is 0 Å². The first-order chi connectivity index (χ1) is 16.8. The van der Waals surface area contributed by atoms with Crippen LogP contribution in [0.5, 0.6) is 0 Å². The van der Waals surface area contributed by atoms with E-state index in [1.165, 1.54) is 35.5 Å². The number of rotatable bonds is 6. The SMILES string of the molecule is COC1=CC(C(C)C)=CC=C(N2CCN(C(c3ccc(F)cc3)c3ccc(F)cc3)CC2C)C1C. The van der Waals surface area contributed by atoms with Crippen molar-refractivity contribution < 1.29 is 13.5 Å². The molecule has 2 aromatic rings. The lowest BCUT2D eigenvalue weighted by atomic mass is 9.94. The molecule has 0 bridgehead atoms. The normalized spacial score (nSPS) is 21.5. The highest BCUT2D eigenvalue weighted by Gasteiger charge is 2.33. The van der Waals surface area contributed by atoms with Gasteiger partial charge in [-0.2, -0.15) is 0 Å². The molecule has 35 heavy (non-hydrogen) atoms. The third-order valence-electron chi connectivity index (χ3n) is 7.26. The molecule has 4 rings (SSSR count). The second kappa shape index (κ2) is 10.8. The van der Waals surface area contributed by atoms with Gasteiger partial charge in [0.2, 0.25) is 0 Å². The number of hydrogen-bond donors (Lipinski definition) is 0. The predicted octanol–water partition coefficient (Wildman–Crippen LogP) is 6.71. The van der Waals surface area contributed by atoms with Crippen LogP contribution in [0.3, 0.4) is 0 Å². The van der Waals surface area contributed by atoms with Crippen LogP contribution in [0.4, 0.5) is 8.78 Å². The molecular formula is C30H36F2N2O. The summed E-state index contributed by atoms with van der Waals surface area (Å²) in [6.45, 7) is 11.4. The maximum absolute atomic E-state index is 13.7. The molecule has 0 amide bonds. The topological polar surface area (TPSA) is 15.7 Å². The second-order valence-electron chi connectivity index (χ2n) is 9.93. The Labute approximate surface area is 208 Å². The minimum atomic E-state index is -0.255. The zero-order valence-corrected chi connectivity index (χ0v) is 21.3. The summed E-state index contributed by atoms with van der Waals surface area (Å²) >= 11 is 0. The van der Waals surface area contributed by atoms with E-state index < -0.39 is 0 Å². The standard InChI is InChI=1S/C30H36F2N2O/c1-20(2)25-10-15-28(22(4)29(18-25)35-5)34-17-16-33(19-21(34)3)30(23-6-11-26(31)12-7-23)24-8-13-27(32)14-9-24/h6-15,18,20-22,30H,16-17,19H2,1-5H3. The van der Waals surface area contributed by atoms with Gasteiger partial charge in [-0.1, -0.05) is 44.2 Å². The summed E-state index contributed by atoms with van der Waals surface area (Å²) < 4.78 is 33.2. The fourth-order valence-corrected chi connectivity index (χ4v) is 5.26. The van der Waals surface area contributed by atoms with E-state index in [4.69, 9.17) is 4.74 Å². The molecule has 0 radical (unpaired) electrons. The molecule has 2 atom stereocenters. The van der Waals surface area contributed by atoms with Gasteiger partial charge in [0.1, 0.15) is 17.4 Å². The van der Waals surface area contributed by atoms with Crippen molar-refractivity contribution in [1.29, 1.82) is 0 Å². The Balaban J connectivity index is 1.61. The van der Waals surface area contributed by atoms with Crippen LogP contribution in [0.25, 0.3) is 0 Å². The van der Waals surface area contributed by atoms with Crippen LogP contribution in [-0.2, 0) is 4.74 Å². The molecule has 1 saturated heterocycles. The van der Waals surface area contributed by atoms with Crippen molar-refractivity contribution >= 4 is 0 Å². The molecule has 186 valence electrons. The van der Waals surface area contributed by atoms with E-state index in [2.05, 4.69) is 55.7 Å². The van der Waals surface area contributed by atoms with Crippen LogP contribution >= 0.6 is 0 Å². The van der Waals surface area contributed by atoms with Crippen molar-refractivity contribution in [3.8, 4) is 0 Å². The predicted molar refractivity (Wildman–Crippen MR) is 138 cm³/mol. The molecular weight excluding hydrogens is 442 g/mol. The molecule has 0 aromatic heterocycles. The van der Waals surface area contributed by atoms with E-state index in [1.54, 1.807) is 7.11 Å². The average Bonchev–Trinajstić information content (AvgIpc) is 3.00. The van der Waals surface area contributed by atoms with Crippen molar-refractivity contribution in [3.63, 3.8) is 0 Å². The Morgan fingerprint density at radius 3 is 1.91 bits per heavy atom. The largest absolute Gasteiger partial charge is 0.500 e. The minimum Gasteiger partial charge on any atom is -0.500 e. The maximum atomic E-state index is 13.7. The minimum absolute atomic E-state index is 0.0665. The summed E-state index contributed by atoms with van der Waals surface area (Å²) in [4.78, 5) is 4.91. The molecule has 5 heteroatoms. The molecule has 0 spiro atoms. The van der Waals surface area contributed by atoms with Gasteiger partial charge >= 0.3 is 0 Å². The molecule has 1 fully saturated rings. The Bertz CT molecular complexity index is 1060. The number of nitrogens with zero attached hydrogens (tertiary/aromatic N) is 2. The molecule has 2 unspecified atom stereocenters. The Morgan fingerprint density at radius 2 is 1.43 bits per heavy atom. The van der Waals surface area contributed by atoms with Crippen molar-refractivity contribution in [2.75, 3.05) is 26.7 Å². The van der Waals surface area contributed by atoms with E-state index in [0.717, 1.165) is 36.5 Å². The van der Waals surface area contributed by atoms with Crippen LogP contribution < -0.4 is 0 Å². The Morgan fingerprint density at radius 1 is 0.857 bits per heavy atom. The number of allylic oxidation sites excluding steroid dienone is 4. The highest BCUT2D eigenvalue weighted by molar-refractivity contribution is 5.37. The quantitative estimate of drug-likeness (QED) is 0.459. The summed E-state index contributed by atoms with van der Waals surface area (Å²) in [6.07, 6.45) is 6.66. The highest BCUT2D eigenvalue weighted by Crippen LogP contribution is 2.35. The van der Waals surface area contributed by atoms with Crippen LogP contribution in [0.15, 0.2) is 83.8 Å². The van der Waals surface area contributed by atoms with Crippen LogP contribution in [0.1, 0.15) is 44.9 Å². The van der Waals surface area contributed by atoms with Crippen LogP contribution in [0.2, 0.25) is 0 Å². The summed E-state index contributed by atoms with van der Waals surface area (Å²) in [5, 5.41) is 0. The van der Waals surface area contributed by atoms with Crippen molar-refractivity contribution in [3.05, 3.63) is 107 Å². The van der Waals surface area contributed by atoms with Crippen molar-refractivity contribution in [1.82, 2.24) is 9.80 Å². The molecule has 3 nitrogen and oxygen atoms in total. The van der Waals surface area contributed by atoms with Gasteiger partial charge in [0.05, 0.1) is 19.1 Å². The third-order valence-corrected chi connectivity index (χ3v) is 7.26. The van der Waals surface area contributed by atoms with Gasteiger partial charge in [-0.3, -0.25) is 4.90 Å². The summed E-state index contributed by atoms with van der Waals surface area (Å²) in [5.41, 5.74) is 4.55. The second-order valence-corrected chi connectivity index (χ2v) is 9.93. The monoisotopic (exact) mass is 478 g/mol. The first-order valence-electron chi connectivity index (χ1n) is 12.5. The lowest BCUT2D eigenvalue weighted by molar-refractivity contribution is 0.0796. The van der Waals surface area contributed by atoms with Gasteiger partial charge in [-0.15, -0.1) is 0 Å². The lowest BCUT2D eigenvalue weighted by Gasteiger charge is -2.46. The van der Waals surface area contributed by atoms with E-state index in [9.17, 15) is 8.78 Å². The molecule has 0 saturated carbocycles. The summed E-state index contributed by atoms with van der Waals surface area (Å²) in [5.74, 6) is 1.06. The first kappa shape index (κ1) is 25.2. The van der Waals surface area contributed by atoms with Crippen LogP contribution in [0, 0.1) is 23.5 Å². The van der Waals surface area contributed by atoms with Gasteiger partial charge in [-0.05, 0) is 72.9 Å². The number of ether oxygens (including phenoxy) is 1. The highest BCUT2D eigenvalue weighted by atomic mass is 19.1. The number of methoxy groups -OCH3 is 1. The molecule has 2 aromatic carbocycles. The van der Waals surface area contributed by atoms with Gasteiger partial charge in [0.15, 0.2) is 0 Å². The molecule has 1 heterocycles. The molecule has 1 aliphatic carbocycles. The molecule has 0 N–H and O–H groups in total. The molecule has 2 aliphatic rings. The van der Waals surface area contributed by atoms with Crippen molar-refractivity contribution in [2.45, 2.75) is 39.8 Å². The number of hydrogen-bond acceptors (Lipinski definition) is 3. The van der Waals surface area contributed by atoms with Gasteiger partial charge in [-0.25, -0.2) is 8.78 Å². The summed E-state index contributed by atoms with van der Waals surface area (Å²) in [7, 11) is 1.75. The number of piperazine rings is 1. The fourth-order valence-electron chi connectivity index (χ4n) is 5.26. The number of halogens is 2. The van der Waals surface area contributed by atoms with E-state index in [-0.39, 0.29) is 29.6 Å². The lowest BCUT2D eigenvalue weighted by Crippen LogP contribution is -2.53. The smallest absolute Gasteiger partial charge is 0.123 e. The van der Waals surface area contributed by atoms with E-state index in [1.807, 2.05) is 24.3 Å². The van der Waals surface area contributed by atoms with Crippen molar-refractivity contribution in [2.24, 2.45) is 11.8 Å². The Hall–Kier alpha value is -2.92. The Kier molecular flexibility index (Phi) is 7.75. The fraction of sp³-hybridized carbons (Fsp3) is 0.400. The van der Waals surface area contributed by atoms with E-state index in [0.29, 0.717) is 5.92 Å². The molecule has 1 aliphatic heterocycles. The first-order valence-corrected chi connectivity index (χ1v) is 12.5. The van der Waals surface area contributed by atoms with Gasteiger partial charge in [0.25, 0.3) is 0 Å². The third kappa shape index (κ3) is 5.51.